The van der Waals surface area contributed by atoms with Gasteiger partial charge in [-0.2, -0.15) is 10.2 Å². The second-order valence-electron chi connectivity index (χ2n) is 6.81. The predicted octanol–water partition coefficient (Wildman–Crippen LogP) is 2.74. The van der Waals surface area contributed by atoms with Crippen LogP contribution in [0, 0.1) is 13.8 Å². The van der Waals surface area contributed by atoms with Gasteiger partial charge >= 0.3 is 0 Å². The average Bonchev–Trinajstić information content (AvgIpc) is 3.27. The summed E-state index contributed by atoms with van der Waals surface area (Å²) in [6, 6.07) is 13.7. The molecule has 7 nitrogen and oxygen atoms in total. The van der Waals surface area contributed by atoms with E-state index in [1.807, 2.05) is 74.2 Å². The van der Waals surface area contributed by atoms with E-state index in [0.717, 1.165) is 33.8 Å². The van der Waals surface area contributed by atoms with Crippen LogP contribution >= 0.6 is 0 Å². The summed E-state index contributed by atoms with van der Waals surface area (Å²) in [5, 5.41) is 12.8. The van der Waals surface area contributed by atoms with Crippen molar-refractivity contribution in [1.82, 2.24) is 29.9 Å². The van der Waals surface area contributed by atoms with Crippen LogP contribution in [0.1, 0.15) is 27.4 Å². The molecule has 0 spiro atoms. The molecule has 28 heavy (non-hydrogen) atoms. The lowest BCUT2D eigenvalue weighted by Gasteiger charge is -2.07. The molecule has 0 atom stereocenters. The third kappa shape index (κ3) is 3.38. The standard InChI is InChI=1S/C21H22N6O/c1-14-13-18(19-15(2)24-26(3)20(19)23-14)21(28)22-11-9-16-10-12-27(25-16)17-7-5-4-6-8-17/h4-8,10,12-13H,9,11H2,1-3H3,(H,22,28). The van der Waals surface area contributed by atoms with Crippen molar-refractivity contribution in [3.8, 4) is 5.69 Å². The second-order valence-corrected chi connectivity index (χ2v) is 6.81. The number of benzene rings is 1. The third-order valence-corrected chi connectivity index (χ3v) is 4.67. The molecule has 0 aliphatic heterocycles. The summed E-state index contributed by atoms with van der Waals surface area (Å²) in [6.07, 6.45) is 2.59. The number of fused-ring (bicyclic) bond motifs is 1. The summed E-state index contributed by atoms with van der Waals surface area (Å²) in [7, 11) is 1.84. The van der Waals surface area contributed by atoms with Crippen LogP contribution in [-0.2, 0) is 13.5 Å². The molecule has 0 radical (unpaired) electrons. The average molecular weight is 374 g/mol. The van der Waals surface area contributed by atoms with E-state index in [-0.39, 0.29) is 5.91 Å². The first-order chi connectivity index (χ1) is 13.5. The number of nitrogens with zero attached hydrogens (tertiary/aromatic N) is 5. The van der Waals surface area contributed by atoms with Gasteiger partial charge in [-0.3, -0.25) is 9.48 Å². The topological polar surface area (TPSA) is 77.6 Å². The van der Waals surface area contributed by atoms with Crippen LogP contribution in [0.5, 0.6) is 0 Å². The number of carbonyl (C=O) groups excluding carboxylic acids is 1. The first-order valence-corrected chi connectivity index (χ1v) is 9.22. The maximum Gasteiger partial charge on any atom is 0.252 e. The lowest BCUT2D eigenvalue weighted by molar-refractivity contribution is 0.0955. The minimum Gasteiger partial charge on any atom is -0.352 e. The Morgan fingerprint density at radius 1 is 1.11 bits per heavy atom. The van der Waals surface area contributed by atoms with Gasteiger partial charge in [0.05, 0.1) is 28.0 Å². The Hall–Kier alpha value is -3.48. The number of carbonyl (C=O) groups is 1. The number of hydrogen-bond acceptors (Lipinski definition) is 4. The summed E-state index contributed by atoms with van der Waals surface area (Å²) < 4.78 is 3.55. The monoisotopic (exact) mass is 374 g/mol. The molecule has 0 unspecified atom stereocenters. The number of aromatic nitrogens is 5. The van der Waals surface area contributed by atoms with Crippen molar-refractivity contribution in [2.24, 2.45) is 7.05 Å². The van der Waals surface area contributed by atoms with Crippen LogP contribution in [0.15, 0.2) is 48.7 Å². The zero-order valence-corrected chi connectivity index (χ0v) is 16.2. The highest BCUT2D eigenvalue weighted by molar-refractivity contribution is 6.06. The van der Waals surface area contributed by atoms with E-state index in [4.69, 9.17) is 0 Å². The van der Waals surface area contributed by atoms with Gasteiger partial charge in [-0.15, -0.1) is 0 Å². The number of aryl methyl sites for hydroxylation is 3. The number of hydrogen-bond donors (Lipinski definition) is 1. The van der Waals surface area contributed by atoms with Gasteiger partial charge in [0.25, 0.3) is 5.91 Å². The largest absolute Gasteiger partial charge is 0.352 e. The molecule has 0 fully saturated rings. The number of nitrogens with one attached hydrogen (secondary N) is 1. The minimum absolute atomic E-state index is 0.117. The zero-order chi connectivity index (χ0) is 19.7. The number of pyridine rings is 1. The third-order valence-electron chi connectivity index (χ3n) is 4.67. The number of amides is 1. The normalized spacial score (nSPS) is 11.1. The fourth-order valence-corrected chi connectivity index (χ4v) is 3.37. The van der Waals surface area contributed by atoms with Crippen LogP contribution in [0.25, 0.3) is 16.7 Å². The molecule has 4 aromatic rings. The van der Waals surface area contributed by atoms with Gasteiger partial charge in [0, 0.05) is 31.9 Å². The first-order valence-electron chi connectivity index (χ1n) is 9.22. The van der Waals surface area contributed by atoms with Crippen molar-refractivity contribution in [2.75, 3.05) is 6.54 Å². The van der Waals surface area contributed by atoms with Crippen molar-refractivity contribution in [2.45, 2.75) is 20.3 Å². The van der Waals surface area contributed by atoms with E-state index < -0.39 is 0 Å². The molecule has 0 aliphatic carbocycles. The summed E-state index contributed by atoms with van der Waals surface area (Å²) in [4.78, 5) is 17.3. The fourth-order valence-electron chi connectivity index (χ4n) is 3.37. The summed E-state index contributed by atoms with van der Waals surface area (Å²) in [5.41, 5.74) is 4.88. The molecule has 0 saturated heterocycles. The molecular formula is C21H22N6O. The van der Waals surface area contributed by atoms with E-state index in [0.29, 0.717) is 18.5 Å². The van der Waals surface area contributed by atoms with Crippen molar-refractivity contribution in [3.05, 3.63) is 71.3 Å². The number of para-hydroxylation sites is 1. The molecule has 142 valence electrons. The first kappa shape index (κ1) is 17.9. The van der Waals surface area contributed by atoms with Gasteiger partial charge in [-0.25, -0.2) is 9.67 Å². The van der Waals surface area contributed by atoms with Gasteiger partial charge in [0.1, 0.15) is 0 Å². The summed E-state index contributed by atoms with van der Waals surface area (Å²) in [6.45, 7) is 4.29. The van der Waals surface area contributed by atoms with E-state index in [2.05, 4.69) is 20.5 Å². The maximum absolute atomic E-state index is 12.8. The van der Waals surface area contributed by atoms with E-state index in [1.54, 1.807) is 4.68 Å². The minimum atomic E-state index is -0.117. The van der Waals surface area contributed by atoms with Crippen molar-refractivity contribution in [3.63, 3.8) is 0 Å². The van der Waals surface area contributed by atoms with Gasteiger partial charge in [0.2, 0.25) is 0 Å². The predicted molar refractivity (Wildman–Crippen MR) is 108 cm³/mol. The summed E-state index contributed by atoms with van der Waals surface area (Å²) >= 11 is 0. The molecule has 3 aromatic heterocycles. The Labute approximate surface area is 163 Å². The van der Waals surface area contributed by atoms with E-state index in [1.165, 1.54) is 0 Å². The van der Waals surface area contributed by atoms with E-state index in [9.17, 15) is 4.79 Å². The van der Waals surface area contributed by atoms with Crippen LogP contribution in [-0.4, -0.2) is 37.0 Å². The lowest BCUT2D eigenvalue weighted by atomic mass is 10.1. The highest BCUT2D eigenvalue weighted by Gasteiger charge is 2.17. The quantitative estimate of drug-likeness (QED) is 0.583. The highest BCUT2D eigenvalue weighted by Crippen LogP contribution is 2.21. The lowest BCUT2D eigenvalue weighted by Crippen LogP contribution is -2.26. The van der Waals surface area contributed by atoms with Gasteiger partial charge in [-0.05, 0) is 38.1 Å². The molecule has 3 heterocycles. The Bertz CT molecular complexity index is 1140. The molecule has 7 heteroatoms. The van der Waals surface area contributed by atoms with Gasteiger partial charge < -0.3 is 5.32 Å². The van der Waals surface area contributed by atoms with Crippen LogP contribution in [0.3, 0.4) is 0 Å². The molecule has 0 saturated carbocycles. The van der Waals surface area contributed by atoms with Gasteiger partial charge in [-0.1, -0.05) is 18.2 Å². The van der Waals surface area contributed by atoms with Crippen molar-refractivity contribution < 1.29 is 4.79 Å². The molecule has 1 amide bonds. The molecule has 4 rings (SSSR count). The highest BCUT2D eigenvalue weighted by atomic mass is 16.1. The fraction of sp³-hybridized carbons (Fsp3) is 0.238. The van der Waals surface area contributed by atoms with Crippen LogP contribution in [0.2, 0.25) is 0 Å². The second kappa shape index (κ2) is 7.26. The van der Waals surface area contributed by atoms with Crippen molar-refractivity contribution >= 4 is 16.9 Å². The van der Waals surface area contributed by atoms with Crippen LogP contribution in [0.4, 0.5) is 0 Å². The van der Waals surface area contributed by atoms with E-state index >= 15 is 0 Å². The molecule has 1 aromatic carbocycles. The molecule has 0 aliphatic rings. The Morgan fingerprint density at radius 3 is 2.68 bits per heavy atom. The van der Waals surface area contributed by atoms with Crippen molar-refractivity contribution in [1.29, 1.82) is 0 Å². The zero-order valence-electron chi connectivity index (χ0n) is 16.2. The molecular weight excluding hydrogens is 352 g/mol. The SMILES string of the molecule is Cc1cc(C(=O)NCCc2ccn(-c3ccccc3)n2)c2c(C)nn(C)c2n1. The maximum atomic E-state index is 12.8. The Kier molecular flexibility index (Phi) is 4.65. The smallest absolute Gasteiger partial charge is 0.252 e. The Morgan fingerprint density at radius 2 is 1.89 bits per heavy atom. The number of rotatable bonds is 5. The van der Waals surface area contributed by atoms with Crippen LogP contribution < -0.4 is 5.32 Å². The van der Waals surface area contributed by atoms with Gasteiger partial charge in [0.15, 0.2) is 5.65 Å². The summed E-state index contributed by atoms with van der Waals surface area (Å²) in [5.74, 6) is -0.117. The molecule has 0 bridgehead atoms. The molecule has 1 N–H and O–H groups in total. The Balaban J connectivity index is 1.46.